The van der Waals surface area contributed by atoms with E-state index in [4.69, 9.17) is 4.74 Å². The van der Waals surface area contributed by atoms with Gasteiger partial charge in [-0.1, -0.05) is 44.0 Å². The first kappa shape index (κ1) is 17.9. The summed E-state index contributed by atoms with van der Waals surface area (Å²) in [6.07, 6.45) is 8.05. The van der Waals surface area contributed by atoms with Gasteiger partial charge >= 0.3 is 0 Å². The van der Waals surface area contributed by atoms with E-state index in [1.165, 1.54) is 44.2 Å². The molecule has 4 heteroatoms. The molecule has 0 N–H and O–H groups in total. The van der Waals surface area contributed by atoms with Crippen molar-refractivity contribution >= 4 is 12.4 Å². The Kier molecular flexibility index (Phi) is 7.15. The highest BCUT2D eigenvalue weighted by molar-refractivity contribution is 5.82. The molecule has 0 aliphatic rings. The fraction of sp³-hybridized carbons (Fsp3) is 0.300. The summed E-state index contributed by atoms with van der Waals surface area (Å²) < 4.78 is 18.4. The number of methoxy groups -OCH3 is 1. The van der Waals surface area contributed by atoms with Crippen LogP contribution < -0.4 is 4.74 Å². The van der Waals surface area contributed by atoms with Crippen molar-refractivity contribution in [3.8, 4) is 5.75 Å². The average molecular weight is 326 g/mol. The predicted molar refractivity (Wildman–Crippen MR) is 97.8 cm³/mol. The van der Waals surface area contributed by atoms with Crippen LogP contribution in [0, 0.1) is 5.82 Å². The summed E-state index contributed by atoms with van der Waals surface area (Å²) in [5.41, 5.74) is 2.97. The molecule has 0 aromatic heterocycles. The van der Waals surface area contributed by atoms with Gasteiger partial charge in [-0.3, -0.25) is 0 Å². The van der Waals surface area contributed by atoms with Crippen molar-refractivity contribution in [3.05, 3.63) is 65.0 Å². The van der Waals surface area contributed by atoms with Crippen molar-refractivity contribution in [1.82, 2.24) is 0 Å². The summed E-state index contributed by atoms with van der Waals surface area (Å²) in [6.45, 7) is 2.21. The lowest BCUT2D eigenvalue weighted by atomic mass is 10.1. The van der Waals surface area contributed by atoms with Crippen LogP contribution in [0.4, 0.5) is 4.39 Å². The number of aryl methyl sites for hydroxylation is 1. The second-order valence-corrected chi connectivity index (χ2v) is 5.58. The van der Waals surface area contributed by atoms with E-state index >= 15 is 0 Å². The third kappa shape index (κ3) is 5.61. The minimum Gasteiger partial charge on any atom is -0.494 e. The molecule has 0 bridgehead atoms. The van der Waals surface area contributed by atoms with Crippen LogP contribution in [-0.4, -0.2) is 19.5 Å². The highest BCUT2D eigenvalue weighted by atomic mass is 19.1. The lowest BCUT2D eigenvalue weighted by Gasteiger charge is -2.01. The van der Waals surface area contributed by atoms with Crippen LogP contribution >= 0.6 is 0 Å². The first-order valence-corrected chi connectivity index (χ1v) is 8.22. The first-order chi connectivity index (χ1) is 11.7. The molecule has 2 rings (SSSR count). The standard InChI is InChI=1S/C20H23FN2O/c1-3-4-5-6-16-7-9-17(10-8-16)14-22-23-15-18-11-12-20(24-2)19(21)13-18/h7-15H,3-6H2,1-2H3/b22-14+,23-15+. The van der Waals surface area contributed by atoms with Gasteiger partial charge in [-0.25, -0.2) is 4.39 Å². The molecule has 0 spiro atoms. The van der Waals surface area contributed by atoms with Gasteiger partial charge in [-0.15, -0.1) is 0 Å². The topological polar surface area (TPSA) is 34.0 Å². The maximum Gasteiger partial charge on any atom is 0.165 e. The number of nitrogens with zero attached hydrogens (tertiary/aromatic N) is 2. The number of rotatable bonds is 8. The van der Waals surface area contributed by atoms with Gasteiger partial charge in [0.15, 0.2) is 11.6 Å². The molecule has 126 valence electrons. The second-order valence-electron chi connectivity index (χ2n) is 5.58. The Balaban J connectivity index is 1.90. The van der Waals surface area contributed by atoms with E-state index in [-0.39, 0.29) is 5.75 Å². The van der Waals surface area contributed by atoms with Crippen molar-refractivity contribution in [2.75, 3.05) is 7.11 Å². The average Bonchev–Trinajstić information content (AvgIpc) is 2.60. The Morgan fingerprint density at radius 2 is 1.62 bits per heavy atom. The van der Waals surface area contributed by atoms with Crippen LogP contribution in [0.3, 0.4) is 0 Å². The summed E-state index contributed by atoms with van der Waals surface area (Å²) in [5.74, 6) is -0.196. The largest absolute Gasteiger partial charge is 0.494 e. The number of unbranched alkanes of at least 4 members (excludes halogenated alkanes) is 2. The van der Waals surface area contributed by atoms with Crippen molar-refractivity contribution < 1.29 is 9.13 Å². The second kappa shape index (κ2) is 9.60. The Morgan fingerprint density at radius 1 is 0.958 bits per heavy atom. The molecule has 2 aromatic carbocycles. The lowest BCUT2D eigenvalue weighted by Crippen LogP contribution is -1.90. The van der Waals surface area contributed by atoms with Crippen LogP contribution in [0.1, 0.15) is 42.9 Å². The fourth-order valence-electron chi connectivity index (χ4n) is 2.31. The van der Waals surface area contributed by atoms with Gasteiger partial charge in [-0.2, -0.15) is 10.2 Å². The molecule has 0 saturated carbocycles. The van der Waals surface area contributed by atoms with Crippen LogP contribution in [-0.2, 0) is 6.42 Å². The van der Waals surface area contributed by atoms with E-state index in [0.29, 0.717) is 5.56 Å². The van der Waals surface area contributed by atoms with Gasteiger partial charge in [0.25, 0.3) is 0 Å². The fourth-order valence-corrected chi connectivity index (χ4v) is 2.31. The number of hydrogen-bond acceptors (Lipinski definition) is 3. The van der Waals surface area contributed by atoms with E-state index in [1.54, 1.807) is 18.3 Å². The summed E-state index contributed by atoms with van der Waals surface area (Å²) in [7, 11) is 1.44. The highest BCUT2D eigenvalue weighted by Gasteiger charge is 2.01. The van der Waals surface area contributed by atoms with E-state index in [0.717, 1.165) is 12.0 Å². The summed E-state index contributed by atoms with van der Waals surface area (Å²) >= 11 is 0. The van der Waals surface area contributed by atoms with Crippen LogP contribution in [0.2, 0.25) is 0 Å². The normalized spacial score (nSPS) is 11.5. The Labute approximate surface area is 142 Å². The zero-order valence-corrected chi connectivity index (χ0v) is 14.2. The molecule has 2 aromatic rings. The molecule has 3 nitrogen and oxygen atoms in total. The summed E-state index contributed by atoms with van der Waals surface area (Å²) in [5, 5.41) is 7.96. The third-order valence-corrected chi connectivity index (χ3v) is 3.70. The molecular weight excluding hydrogens is 303 g/mol. The molecular formula is C20H23FN2O. The molecule has 0 heterocycles. The van der Waals surface area contributed by atoms with E-state index in [1.807, 2.05) is 12.1 Å². The zero-order chi connectivity index (χ0) is 17.2. The van der Waals surface area contributed by atoms with E-state index < -0.39 is 5.82 Å². The van der Waals surface area contributed by atoms with E-state index in [9.17, 15) is 4.39 Å². The summed E-state index contributed by atoms with van der Waals surface area (Å²) in [4.78, 5) is 0. The van der Waals surface area contributed by atoms with Crippen molar-refractivity contribution in [2.45, 2.75) is 32.6 Å². The molecule has 0 aliphatic heterocycles. The Bertz CT molecular complexity index is 693. The molecule has 24 heavy (non-hydrogen) atoms. The Hall–Kier alpha value is -2.49. The Morgan fingerprint density at radius 3 is 2.25 bits per heavy atom. The molecule has 0 amide bonds. The van der Waals surface area contributed by atoms with Gasteiger partial charge < -0.3 is 4.74 Å². The van der Waals surface area contributed by atoms with Gasteiger partial charge in [-0.05, 0) is 47.7 Å². The van der Waals surface area contributed by atoms with Crippen molar-refractivity contribution in [3.63, 3.8) is 0 Å². The minimum absolute atomic E-state index is 0.217. The number of ether oxygens (including phenoxy) is 1. The lowest BCUT2D eigenvalue weighted by molar-refractivity contribution is 0.386. The molecule has 0 aliphatic carbocycles. The van der Waals surface area contributed by atoms with Crippen LogP contribution in [0.25, 0.3) is 0 Å². The molecule has 0 unspecified atom stereocenters. The van der Waals surface area contributed by atoms with E-state index in [2.05, 4.69) is 29.3 Å². The number of halogens is 1. The maximum absolute atomic E-state index is 13.5. The SMILES string of the molecule is CCCCCc1ccc(/C=N/N=C/c2ccc(OC)c(F)c2)cc1. The summed E-state index contributed by atoms with van der Waals surface area (Å²) in [6, 6.07) is 13.0. The van der Waals surface area contributed by atoms with Crippen molar-refractivity contribution in [2.24, 2.45) is 10.2 Å². The molecule has 0 atom stereocenters. The maximum atomic E-state index is 13.5. The van der Waals surface area contributed by atoms with Gasteiger partial charge in [0, 0.05) is 0 Å². The molecule has 0 fully saturated rings. The van der Waals surface area contributed by atoms with Crippen molar-refractivity contribution in [1.29, 1.82) is 0 Å². The quantitative estimate of drug-likeness (QED) is 0.381. The predicted octanol–water partition coefficient (Wildman–Crippen LogP) is 5.02. The third-order valence-electron chi connectivity index (χ3n) is 3.70. The first-order valence-electron chi connectivity index (χ1n) is 8.22. The molecule has 0 saturated heterocycles. The van der Waals surface area contributed by atoms with Gasteiger partial charge in [0.1, 0.15) is 0 Å². The van der Waals surface area contributed by atoms with Gasteiger partial charge in [0.05, 0.1) is 19.5 Å². The van der Waals surface area contributed by atoms with Gasteiger partial charge in [0.2, 0.25) is 0 Å². The smallest absolute Gasteiger partial charge is 0.165 e. The van der Waals surface area contributed by atoms with Crippen LogP contribution in [0.5, 0.6) is 5.75 Å². The number of benzene rings is 2. The molecule has 0 radical (unpaired) electrons. The monoisotopic (exact) mass is 326 g/mol. The van der Waals surface area contributed by atoms with Crippen LogP contribution in [0.15, 0.2) is 52.7 Å². The zero-order valence-electron chi connectivity index (χ0n) is 14.2. The number of hydrogen-bond donors (Lipinski definition) is 0. The highest BCUT2D eigenvalue weighted by Crippen LogP contribution is 2.16. The minimum atomic E-state index is -0.413.